The van der Waals surface area contributed by atoms with Crippen molar-refractivity contribution in [3.05, 3.63) is 95.1 Å². The van der Waals surface area contributed by atoms with E-state index >= 15 is 0 Å². The number of likely N-dealkylation sites (tertiary alicyclic amines) is 1. The van der Waals surface area contributed by atoms with Gasteiger partial charge in [-0.3, -0.25) is 15.6 Å². The molecule has 0 amide bonds. The Hall–Kier alpha value is -4.91. The van der Waals surface area contributed by atoms with E-state index in [1.165, 1.54) is 5.56 Å². The summed E-state index contributed by atoms with van der Waals surface area (Å²) in [5.74, 6) is 0.459. The second kappa shape index (κ2) is 19.2. The molecule has 9 N–H and O–H groups in total. The number of anilines is 1. The number of nitrogens with one attached hydrogen (secondary N) is 2. The van der Waals surface area contributed by atoms with Crippen LogP contribution in [0.1, 0.15) is 50.8 Å². The third-order valence-corrected chi connectivity index (χ3v) is 7.89. The van der Waals surface area contributed by atoms with Gasteiger partial charge in [0.25, 0.3) is 0 Å². The lowest BCUT2D eigenvalue weighted by Gasteiger charge is -2.33. The number of aliphatic carboxylic acids is 1. The number of Topliss-reactive ketones (excluding diaryl/α,β-unsaturated/α-hetero) is 1. The molecule has 1 fully saturated rings. The van der Waals surface area contributed by atoms with Gasteiger partial charge in [0.05, 0.1) is 12.4 Å². The molecule has 3 aromatic carbocycles. The van der Waals surface area contributed by atoms with Crippen molar-refractivity contribution < 1.29 is 55.4 Å². The van der Waals surface area contributed by atoms with Crippen molar-refractivity contribution in [3.8, 4) is 5.75 Å². The maximum atomic E-state index is 13.3. The highest BCUT2D eigenvalue weighted by molar-refractivity contribution is 7.81. The quantitative estimate of drug-likeness (QED) is 0.0608. The first-order valence-corrected chi connectivity index (χ1v) is 16.1. The van der Waals surface area contributed by atoms with Crippen LogP contribution in [0.2, 0.25) is 0 Å². The minimum atomic E-state index is -4.55. The number of nitrogens with two attached hydrogens (primary N) is 1. The van der Waals surface area contributed by atoms with Gasteiger partial charge in [0.1, 0.15) is 11.6 Å². The van der Waals surface area contributed by atoms with Crippen LogP contribution in [0.25, 0.3) is 0 Å². The Bertz CT molecular complexity index is 1680. The minimum absolute atomic E-state index is 0. The average molecular weight is 708 g/mol. The van der Waals surface area contributed by atoms with E-state index in [-0.39, 0.29) is 32.9 Å². The lowest BCUT2D eigenvalue weighted by Crippen LogP contribution is -2.36. The summed E-state index contributed by atoms with van der Waals surface area (Å²) in [5, 5.41) is 39.0. The molecule has 16 nitrogen and oxygen atoms in total. The molecule has 0 saturated carbocycles. The molecule has 1 heterocycles. The molecule has 0 radical (unpaired) electrons. The smallest absolute Gasteiger partial charge is 0.452 e. The Labute approximate surface area is 286 Å². The summed E-state index contributed by atoms with van der Waals surface area (Å²) in [7, 11) is -4.55. The molecule has 0 unspecified atom stereocenters. The lowest BCUT2D eigenvalue weighted by molar-refractivity contribution is -0.198. The molecule has 1 aliphatic heterocycles. The maximum absolute atomic E-state index is 13.3. The first-order valence-electron chi connectivity index (χ1n) is 14.7. The van der Waals surface area contributed by atoms with E-state index in [0.717, 1.165) is 42.7 Å². The van der Waals surface area contributed by atoms with E-state index in [1.807, 2.05) is 42.2 Å². The zero-order valence-electron chi connectivity index (χ0n) is 26.7. The SMILES string of the molecule is CC(=N)N1CCC(c2ccc(CC(=O)CN(Cc3cccc(OCC(=O)O)c3)c3cccc(C(=N)N)c3)cc2)CC1.O.O=S(=O)(OO)OO.[HH].[HH]. The molecule has 1 aliphatic rings. The van der Waals surface area contributed by atoms with Gasteiger partial charge >= 0.3 is 16.4 Å². The molecule has 0 atom stereocenters. The molecule has 4 rings (SSSR count). The van der Waals surface area contributed by atoms with E-state index in [0.29, 0.717) is 29.6 Å². The van der Waals surface area contributed by atoms with Gasteiger partial charge in [-0.05, 0) is 66.6 Å². The van der Waals surface area contributed by atoms with E-state index in [1.54, 1.807) is 30.3 Å². The van der Waals surface area contributed by atoms with Crippen molar-refractivity contribution in [2.75, 3.05) is 31.1 Å². The number of nitrogen functional groups attached to an aromatic ring is 1. The number of carboxylic acid groups (broad SMARTS) is 1. The second-order valence-electron chi connectivity index (χ2n) is 11.0. The van der Waals surface area contributed by atoms with Crippen LogP contribution in [0, 0.1) is 10.8 Å². The average Bonchev–Trinajstić information content (AvgIpc) is 3.08. The summed E-state index contributed by atoms with van der Waals surface area (Å²) in [4.78, 5) is 28.3. The zero-order chi connectivity index (χ0) is 35.3. The van der Waals surface area contributed by atoms with Gasteiger partial charge in [-0.2, -0.15) is 8.42 Å². The third-order valence-electron chi connectivity index (χ3n) is 7.53. The van der Waals surface area contributed by atoms with Crippen LogP contribution in [0.15, 0.2) is 72.8 Å². The number of ketones is 1. The summed E-state index contributed by atoms with van der Waals surface area (Å²) < 4.78 is 29.4. The number of piperidine rings is 1. The number of carboxylic acids is 1. The van der Waals surface area contributed by atoms with E-state index in [4.69, 9.17) is 36.9 Å². The number of carbonyl (C=O) groups excluding carboxylic acids is 1. The molecule has 17 heteroatoms. The van der Waals surface area contributed by atoms with Crippen molar-refractivity contribution in [2.45, 2.75) is 38.6 Å². The summed E-state index contributed by atoms with van der Waals surface area (Å²) in [6.45, 7) is 3.72. The molecule has 1 saturated heterocycles. The molecule has 49 heavy (non-hydrogen) atoms. The Balaban J connectivity index is 0.00000227. The number of benzene rings is 3. The predicted molar refractivity (Wildman–Crippen MR) is 184 cm³/mol. The molecule has 0 bridgehead atoms. The number of amidine groups is 2. The van der Waals surface area contributed by atoms with Gasteiger partial charge in [0.15, 0.2) is 12.4 Å². The number of nitrogens with zero attached hydrogens (tertiary/aromatic N) is 2. The topological polar surface area (TPSA) is 268 Å². The minimum Gasteiger partial charge on any atom is -0.482 e. The van der Waals surface area contributed by atoms with Crippen LogP contribution in [0.4, 0.5) is 5.69 Å². The van der Waals surface area contributed by atoms with Gasteiger partial charge in [0.2, 0.25) is 0 Å². The molecular formula is C32H45N5O11S. The van der Waals surface area contributed by atoms with Gasteiger partial charge in [-0.25, -0.2) is 15.3 Å². The fourth-order valence-electron chi connectivity index (χ4n) is 5.17. The number of hydrogen-bond acceptors (Lipinski definition) is 12. The second-order valence-corrected chi connectivity index (χ2v) is 12.1. The van der Waals surface area contributed by atoms with E-state index in [9.17, 15) is 18.0 Å². The molecular weight excluding hydrogens is 662 g/mol. The Morgan fingerprint density at radius 1 is 0.980 bits per heavy atom. The normalized spacial score (nSPS) is 12.9. The van der Waals surface area contributed by atoms with Gasteiger partial charge in [-0.15, -0.1) is 0 Å². The number of rotatable bonds is 14. The predicted octanol–water partition coefficient (Wildman–Crippen LogP) is 3.31. The zero-order valence-corrected chi connectivity index (χ0v) is 27.6. The van der Waals surface area contributed by atoms with Crippen LogP contribution in [0.3, 0.4) is 0 Å². The highest BCUT2D eigenvalue weighted by Crippen LogP contribution is 2.28. The van der Waals surface area contributed by atoms with Crippen LogP contribution < -0.4 is 15.4 Å². The van der Waals surface area contributed by atoms with E-state index < -0.39 is 23.0 Å². The molecule has 270 valence electrons. The third kappa shape index (κ3) is 13.3. The summed E-state index contributed by atoms with van der Waals surface area (Å²) in [6.07, 6.45) is 2.33. The molecule has 0 spiro atoms. The Morgan fingerprint density at radius 3 is 2.16 bits per heavy atom. The Morgan fingerprint density at radius 2 is 1.61 bits per heavy atom. The van der Waals surface area contributed by atoms with Crippen LogP contribution in [-0.2, 0) is 41.6 Å². The highest BCUT2D eigenvalue weighted by atomic mass is 32.3. The van der Waals surface area contributed by atoms with Crippen LogP contribution in [-0.4, -0.2) is 84.1 Å². The summed E-state index contributed by atoms with van der Waals surface area (Å²) in [6, 6.07) is 22.7. The monoisotopic (exact) mass is 707 g/mol. The maximum Gasteiger partial charge on any atom is 0.452 e. The van der Waals surface area contributed by atoms with Crippen LogP contribution in [0.5, 0.6) is 5.75 Å². The van der Waals surface area contributed by atoms with Crippen molar-refractivity contribution in [1.29, 1.82) is 10.8 Å². The highest BCUT2D eigenvalue weighted by Gasteiger charge is 2.21. The lowest BCUT2D eigenvalue weighted by atomic mass is 9.88. The number of ether oxygens (including phenoxy) is 1. The standard InChI is InChI=1S/C32H37N5O4.H2O6S.H2O.2H2/c1-22(33)36-14-12-26(13-15-36)25-10-8-23(9-11-25)16-29(38)20-37(28-6-3-5-27(18-28)32(34)35)19-24-4-2-7-30(17-24)41-21-31(39)40;1-5-7(3,4)6-2;;;/h2-11,17-18,26,33H,12-16,19-21H2,1H3,(H3,34,35)(H,39,40);1-2H;1H2;2*1H. The number of hydrogen-bond donors (Lipinski definition) is 6. The fraction of sp³-hybridized carbons (Fsp3) is 0.312. The van der Waals surface area contributed by atoms with Gasteiger partial charge in [-0.1, -0.05) is 57.2 Å². The fourth-order valence-corrected chi connectivity index (χ4v) is 5.20. The Kier molecular flexibility index (Phi) is 15.8. The summed E-state index contributed by atoms with van der Waals surface area (Å²) in [5.41, 5.74) is 10.1. The molecule has 0 aromatic heterocycles. The first-order chi connectivity index (χ1) is 22.8. The van der Waals surface area contributed by atoms with Gasteiger partial charge < -0.3 is 30.9 Å². The first kappa shape index (κ1) is 40.3. The van der Waals surface area contributed by atoms with Crippen molar-refractivity contribution in [1.82, 2.24) is 4.90 Å². The van der Waals surface area contributed by atoms with Crippen LogP contribution >= 0.6 is 0 Å². The van der Waals surface area contributed by atoms with Gasteiger partial charge in [0, 0.05) is 40.2 Å². The van der Waals surface area contributed by atoms with Crippen molar-refractivity contribution >= 4 is 39.5 Å². The largest absolute Gasteiger partial charge is 0.482 e. The van der Waals surface area contributed by atoms with Crippen molar-refractivity contribution in [2.24, 2.45) is 5.73 Å². The summed E-state index contributed by atoms with van der Waals surface area (Å²) >= 11 is 0. The van der Waals surface area contributed by atoms with Crippen molar-refractivity contribution in [3.63, 3.8) is 0 Å². The van der Waals surface area contributed by atoms with E-state index in [2.05, 4.69) is 25.7 Å². The molecule has 0 aliphatic carbocycles. The number of carbonyl (C=O) groups is 2. The molecule has 3 aromatic rings.